The van der Waals surface area contributed by atoms with Gasteiger partial charge in [0.15, 0.2) is 0 Å². The number of rotatable bonds is 6. The van der Waals surface area contributed by atoms with E-state index < -0.39 is 0 Å². The molecule has 1 fully saturated rings. The normalized spacial score (nSPS) is 14.3. The molecule has 0 atom stereocenters. The second-order valence-corrected chi connectivity index (χ2v) is 8.22. The van der Waals surface area contributed by atoms with Crippen molar-refractivity contribution in [3.63, 3.8) is 0 Å². The van der Waals surface area contributed by atoms with Gasteiger partial charge in [0.25, 0.3) is 11.5 Å². The van der Waals surface area contributed by atoms with E-state index in [1.807, 2.05) is 18.2 Å². The van der Waals surface area contributed by atoms with E-state index in [1.165, 1.54) is 23.6 Å². The highest BCUT2D eigenvalue weighted by molar-refractivity contribution is 6.35. The molecule has 0 aliphatic carbocycles. The highest BCUT2D eigenvalue weighted by Gasteiger charge is 2.16. The minimum absolute atomic E-state index is 0.113. The highest BCUT2D eigenvalue weighted by Crippen LogP contribution is 2.21. The van der Waals surface area contributed by atoms with Crippen molar-refractivity contribution < 1.29 is 4.79 Å². The van der Waals surface area contributed by atoms with Crippen molar-refractivity contribution in [3.05, 3.63) is 74.1 Å². The third-order valence-corrected chi connectivity index (χ3v) is 5.93. The molecule has 1 amide bonds. The molecule has 1 aliphatic heterocycles. The SMILES string of the molecule is O=C(NCc1nn(CCN2CCCC2)c(=O)c2ccccc12)c1cc(Cl)ccc1Cl. The quantitative estimate of drug-likeness (QED) is 0.628. The van der Waals surface area contributed by atoms with Crippen LogP contribution in [0.1, 0.15) is 28.9 Å². The van der Waals surface area contributed by atoms with Gasteiger partial charge in [-0.2, -0.15) is 5.10 Å². The maximum Gasteiger partial charge on any atom is 0.274 e. The highest BCUT2D eigenvalue weighted by atomic mass is 35.5. The standard InChI is InChI=1S/C22H22Cl2N4O2/c23-15-7-8-19(24)18(13-15)21(29)25-14-20-16-5-1-2-6-17(16)22(30)28(26-20)12-11-27-9-3-4-10-27/h1-2,5-8,13H,3-4,9-12,14H2,(H,25,29). The molecule has 0 unspecified atom stereocenters. The predicted molar refractivity (Wildman–Crippen MR) is 119 cm³/mol. The maximum absolute atomic E-state index is 12.9. The number of nitrogens with zero attached hydrogens (tertiary/aromatic N) is 3. The van der Waals surface area contributed by atoms with Crippen molar-refractivity contribution in [3.8, 4) is 0 Å². The first-order valence-electron chi connectivity index (χ1n) is 9.97. The second-order valence-electron chi connectivity index (χ2n) is 7.38. The van der Waals surface area contributed by atoms with E-state index in [2.05, 4.69) is 15.3 Å². The van der Waals surface area contributed by atoms with Gasteiger partial charge in [-0.05, 0) is 50.2 Å². The van der Waals surface area contributed by atoms with Crippen LogP contribution in [0.25, 0.3) is 10.8 Å². The Kier molecular flexibility index (Phi) is 6.37. The molecule has 3 aromatic rings. The third kappa shape index (κ3) is 4.51. The summed E-state index contributed by atoms with van der Waals surface area (Å²) >= 11 is 12.1. The first-order valence-corrected chi connectivity index (χ1v) is 10.7. The number of halogens is 2. The molecular weight excluding hydrogens is 423 g/mol. The van der Waals surface area contributed by atoms with Crippen LogP contribution in [-0.2, 0) is 13.1 Å². The van der Waals surface area contributed by atoms with E-state index in [-0.39, 0.29) is 18.0 Å². The molecule has 2 aromatic carbocycles. The van der Waals surface area contributed by atoms with Gasteiger partial charge in [-0.3, -0.25) is 9.59 Å². The number of hydrogen-bond donors (Lipinski definition) is 1. The second kappa shape index (κ2) is 9.16. The Morgan fingerprint density at radius 2 is 1.77 bits per heavy atom. The van der Waals surface area contributed by atoms with Crippen molar-refractivity contribution in [1.29, 1.82) is 0 Å². The summed E-state index contributed by atoms with van der Waals surface area (Å²) in [7, 11) is 0. The van der Waals surface area contributed by atoms with Crippen LogP contribution in [0.4, 0.5) is 0 Å². The Bertz CT molecular complexity index is 1140. The predicted octanol–water partition coefficient (Wildman–Crippen LogP) is 3.73. The lowest BCUT2D eigenvalue weighted by Gasteiger charge is -2.16. The number of carbonyl (C=O) groups excluding carboxylic acids is 1. The van der Waals surface area contributed by atoms with Crippen LogP contribution < -0.4 is 10.9 Å². The van der Waals surface area contributed by atoms with Crippen LogP contribution in [0.3, 0.4) is 0 Å². The Labute approximate surface area is 184 Å². The molecule has 4 rings (SSSR count). The van der Waals surface area contributed by atoms with Crippen LogP contribution in [0.15, 0.2) is 47.3 Å². The van der Waals surface area contributed by atoms with Gasteiger partial charge in [0.2, 0.25) is 0 Å². The molecule has 1 saturated heterocycles. The van der Waals surface area contributed by atoms with Gasteiger partial charge < -0.3 is 10.2 Å². The first kappa shape index (κ1) is 20.8. The molecular formula is C22H22Cl2N4O2. The summed E-state index contributed by atoms with van der Waals surface area (Å²) in [5.41, 5.74) is 0.826. The maximum atomic E-state index is 12.9. The van der Waals surface area contributed by atoms with Gasteiger partial charge in [-0.1, -0.05) is 41.4 Å². The van der Waals surface area contributed by atoms with Gasteiger partial charge in [0, 0.05) is 17.0 Å². The number of hydrogen-bond acceptors (Lipinski definition) is 4. The number of aromatic nitrogens is 2. The van der Waals surface area contributed by atoms with Crippen molar-refractivity contribution in [2.75, 3.05) is 19.6 Å². The first-order chi connectivity index (χ1) is 14.5. The molecule has 0 spiro atoms. The molecule has 1 N–H and O–H groups in total. The van der Waals surface area contributed by atoms with Crippen LogP contribution in [0.2, 0.25) is 10.0 Å². The Balaban J connectivity index is 1.59. The smallest absolute Gasteiger partial charge is 0.274 e. The van der Waals surface area contributed by atoms with Crippen molar-refractivity contribution >= 4 is 39.9 Å². The summed E-state index contributed by atoms with van der Waals surface area (Å²) in [6, 6.07) is 12.1. The summed E-state index contributed by atoms with van der Waals surface area (Å²) in [5.74, 6) is -0.344. The molecule has 0 radical (unpaired) electrons. The summed E-state index contributed by atoms with van der Waals surface area (Å²) in [4.78, 5) is 27.9. The lowest BCUT2D eigenvalue weighted by molar-refractivity contribution is 0.0950. The molecule has 1 aromatic heterocycles. The van der Waals surface area contributed by atoms with Gasteiger partial charge in [0.1, 0.15) is 0 Å². The zero-order chi connectivity index (χ0) is 21.1. The molecule has 0 saturated carbocycles. The third-order valence-electron chi connectivity index (χ3n) is 5.36. The van der Waals surface area contributed by atoms with E-state index in [0.717, 1.165) is 25.0 Å². The zero-order valence-corrected chi connectivity index (χ0v) is 17.9. The minimum atomic E-state index is -0.344. The average molecular weight is 445 g/mol. The average Bonchev–Trinajstić information content (AvgIpc) is 3.28. The van der Waals surface area contributed by atoms with Gasteiger partial charge in [-0.25, -0.2) is 4.68 Å². The molecule has 156 valence electrons. The number of benzene rings is 2. The summed E-state index contributed by atoms with van der Waals surface area (Å²) in [5, 5.41) is 9.51. The molecule has 8 heteroatoms. The number of nitrogens with one attached hydrogen (secondary N) is 1. The fraction of sp³-hybridized carbons (Fsp3) is 0.318. The monoisotopic (exact) mass is 444 g/mol. The molecule has 0 bridgehead atoms. The van der Waals surface area contributed by atoms with E-state index >= 15 is 0 Å². The minimum Gasteiger partial charge on any atom is -0.346 e. The molecule has 6 nitrogen and oxygen atoms in total. The zero-order valence-electron chi connectivity index (χ0n) is 16.4. The van der Waals surface area contributed by atoms with Crippen molar-refractivity contribution in [2.24, 2.45) is 0 Å². The number of likely N-dealkylation sites (tertiary alicyclic amines) is 1. The number of amides is 1. The Morgan fingerprint density at radius 1 is 1.03 bits per heavy atom. The van der Waals surface area contributed by atoms with E-state index in [1.54, 1.807) is 18.2 Å². The summed E-state index contributed by atoms with van der Waals surface area (Å²) < 4.78 is 1.51. The lowest BCUT2D eigenvalue weighted by Crippen LogP contribution is -2.32. The van der Waals surface area contributed by atoms with Crippen LogP contribution in [0.5, 0.6) is 0 Å². The van der Waals surface area contributed by atoms with Crippen LogP contribution in [-0.4, -0.2) is 40.2 Å². The van der Waals surface area contributed by atoms with Gasteiger partial charge in [-0.15, -0.1) is 0 Å². The fourth-order valence-electron chi connectivity index (χ4n) is 3.76. The van der Waals surface area contributed by atoms with E-state index in [9.17, 15) is 9.59 Å². The van der Waals surface area contributed by atoms with Crippen LogP contribution in [0, 0.1) is 0 Å². The topological polar surface area (TPSA) is 67.2 Å². The summed E-state index contributed by atoms with van der Waals surface area (Å²) in [6.45, 7) is 3.60. The Morgan fingerprint density at radius 3 is 2.53 bits per heavy atom. The Hall–Kier alpha value is -2.41. The number of carbonyl (C=O) groups is 1. The van der Waals surface area contributed by atoms with E-state index in [0.29, 0.717) is 33.2 Å². The van der Waals surface area contributed by atoms with E-state index in [4.69, 9.17) is 23.2 Å². The van der Waals surface area contributed by atoms with Gasteiger partial charge in [0.05, 0.1) is 34.8 Å². The van der Waals surface area contributed by atoms with Crippen LogP contribution >= 0.6 is 23.2 Å². The molecule has 30 heavy (non-hydrogen) atoms. The molecule has 2 heterocycles. The van der Waals surface area contributed by atoms with Gasteiger partial charge >= 0.3 is 0 Å². The molecule has 1 aliphatic rings. The van der Waals surface area contributed by atoms with Crippen molar-refractivity contribution in [2.45, 2.75) is 25.9 Å². The largest absolute Gasteiger partial charge is 0.346 e. The number of fused-ring (bicyclic) bond motifs is 1. The van der Waals surface area contributed by atoms with Crippen molar-refractivity contribution in [1.82, 2.24) is 20.0 Å². The lowest BCUT2D eigenvalue weighted by atomic mass is 10.1. The summed E-state index contributed by atoms with van der Waals surface area (Å²) in [6.07, 6.45) is 2.40. The fourth-order valence-corrected chi connectivity index (χ4v) is 4.14.